The van der Waals surface area contributed by atoms with Crippen molar-refractivity contribution < 1.29 is 64.0 Å². The third-order valence-electron chi connectivity index (χ3n) is 7.99. The van der Waals surface area contributed by atoms with E-state index in [0.717, 1.165) is 36.4 Å². The van der Waals surface area contributed by atoms with E-state index in [1.54, 1.807) is 0 Å². The maximum atomic E-state index is 14.3. The number of carbonyl (C=O) groups excluding carboxylic acids is 2. The van der Waals surface area contributed by atoms with Crippen LogP contribution in [0.3, 0.4) is 0 Å². The number of anilines is 2. The van der Waals surface area contributed by atoms with Gasteiger partial charge in [-0.3, -0.25) is 9.59 Å². The van der Waals surface area contributed by atoms with Gasteiger partial charge in [-0.25, -0.2) is 9.59 Å². The molecule has 1 heterocycles. The number of ether oxygens (including phenoxy) is 3. The number of phenols is 4. The van der Waals surface area contributed by atoms with Crippen molar-refractivity contribution in [1.82, 2.24) is 0 Å². The maximum Gasteiger partial charge on any atom is 0.337 e. The topological polar surface area (TPSA) is 241 Å². The molecule has 254 valence electrons. The van der Waals surface area contributed by atoms with Crippen molar-refractivity contribution in [2.45, 2.75) is 12.2 Å². The molecule has 1 fully saturated rings. The van der Waals surface area contributed by atoms with Crippen molar-refractivity contribution in [3.63, 3.8) is 0 Å². The highest BCUT2D eigenvalue weighted by Gasteiger charge is 2.53. The number of carboxylic acid groups (broad SMARTS) is 2. The smallest absolute Gasteiger partial charge is 0.337 e. The van der Waals surface area contributed by atoms with Gasteiger partial charge in [0.15, 0.2) is 23.0 Å². The van der Waals surface area contributed by atoms with Gasteiger partial charge in [-0.15, -0.1) is 0 Å². The van der Waals surface area contributed by atoms with E-state index in [2.05, 4.69) is 10.6 Å². The van der Waals surface area contributed by atoms with Crippen LogP contribution in [0.2, 0.25) is 0 Å². The molecule has 0 bridgehead atoms. The minimum absolute atomic E-state index is 0.0119. The Morgan fingerprint density at radius 1 is 0.592 bits per heavy atom. The molecule has 15 nitrogen and oxygen atoms in total. The molecular formula is C34H30N2O13. The number of aromatic hydroxyl groups is 4. The molecule has 8 N–H and O–H groups in total. The molecule has 5 rings (SSSR count). The highest BCUT2D eigenvalue weighted by atomic mass is 16.5. The number of aromatic carboxylic acids is 2. The van der Waals surface area contributed by atoms with Crippen molar-refractivity contribution in [2.24, 2.45) is 11.8 Å². The van der Waals surface area contributed by atoms with Gasteiger partial charge in [0.1, 0.15) is 11.5 Å². The van der Waals surface area contributed by atoms with E-state index in [1.165, 1.54) is 50.6 Å². The number of rotatable bonds is 10. The van der Waals surface area contributed by atoms with Crippen molar-refractivity contribution in [2.75, 3.05) is 24.9 Å². The van der Waals surface area contributed by atoms with Crippen LogP contribution in [0.15, 0.2) is 72.8 Å². The summed E-state index contributed by atoms with van der Waals surface area (Å²) in [5.74, 6) is -8.91. The molecule has 4 aromatic rings. The van der Waals surface area contributed by atoms with Gasteiger partial charge in [0.05, 0.1) is 60.8 Å². The second kappa shape index (κ2) is 13.7. The van der Waals surface area contributed by atoms with E-state index in [9.17, 15) is 49.8 Å². The van der Waals surface area contributed by atoms with E-state index in [-0.39, 0.29) is 57.0 Å². The summed E-state index contributed by atoms with van der Waals surface area (Å²) in [6, 6.07) is 14.7. The van der Waals surface area contributed by atoms with Crippen molar-refractivity contribution in [3.05, 3.63) is 95.1 Å². The van der Waals surface area contributed by atoms with Crippen molar-refractivity contribution in [3.8, 4) is 34.5 Å². The first-order chi connectivity index (χ1) is 23.3. The molecule has 0 unspecified atom stereocenters. The van der Waals surface area contributed by atoms with Crippen LogP contribution < -0.4 is 20.1 Å². The summed E-state index contributed by atoms with van der Waals surface area (Å²) in [4.78, 5) is 52.6. The molecule has 4 aromatic carbocycles. The summed E-state index contributed by atoms with van der Waals surface area (Å²) in [5.41, 5.74) is -0.796. The Labute approximate surface area is 277 Å². The van der Waals surface area contributed by atoms with Crippen LogP contribution >= 0.6 is 0 Å². The normalized spacial score (nSPS) is 18.3. The van der Waals surface area contributed by atoms with Gasteiger partial charge in [0.2, 0.25) is 11.8 Å². The van der Waals surface area contributed by atoms with Gasteiger partial charge in [-0.05, 0) is 71.8 Å². The number of carbonyl (C=O) groups is 4. The SMILES string of the molecule is COc1cc([C@@H]2O[C@@H](c3ccc(O)c(OC)c3)[C@@H](C(=O)Nc3ccc(O)cc3C(=O)O)[C@H]2C(=O)Nc2ccc(O)cc2C(=O)O)ccc1O. The minimum Gasteiger partial charge on any atom is -0.508 e. The summed E-state index contributed by atoms with van der Waals surface area (Å²) in [6.45, 7) is 0. The fraction of sp³-hybridized carbons (Fsp3) is 0.176. The number of nitrogens with one attached hydrogen (secondary N) is 2. The van der Waals surface area contributed by atoms with E-state index >= 15 is 0 Å². The lowest BCUT2D eigenvalue weighted by Crippen LogP contribution is -2.38. The van der Waals surface area contributed by atoms with Crippen LogP contribution in [-0.4, -0.2) is 68.6 Å². The fourth-order valence-corrected chi connectivity index (χ4v) is 5.69. The molecule has 49 heavy (non-hydrogen) atoms. The molecule has 4 atom stereocenters. The molecule has 0 saturated carbocycles. The van der Waals surface area contributed by atoms with E-state index in [4.69, 9.17) is 14.2 Å². The maximum absolute atomic E-state index is 14.3. The lowest BCUT2D eigenvalue weighted by atomic mass is 9.81. The highest BCUT2D eigenvalue weighted by molar-refractivity contribution is 6.06. The summed E-state index contributed by atoms with van der Waals surface area (Å²) in [5, 5.41) is 64.9. The van der Waals surface area contributed by atoms with E-state index in [1.807, 2.05) is 0 Å². The number of hydrogen-bond donors (Lipinski definition) is 8. The monoisotopic (exact) mass is 674 g/mol. The molecule has 0 aliphatic carbocycles. The molecule has 0 spiro atoms. The molecule has 1 aliphatic heterocycles. The molecule has 0 radical (unpaired) electrons. The van der Waals surface area contributed by atoms with Crippen LogP contribution in [0.1, 0.15) is 44.1 Å². The number of carboxylic acids is 2. The number of hydrogen-bond acceptors (Lipinski definition) is 11. The molecular weight excluding hydrogens is 644 g/mol. The fourth-order valence-electron chi connectivity index (χ4n) is 5.69. The predicted octanol–water partition coefficient (Wildman–Crippen LogP) is 4.25. The van der Waals surface area contributed by atoms with Crippen LogP contribution in [0, 0.1) is 11.8 Å². The van der Waals surface area contributed by atoms with Crippen molar-refractivity contribution >= 4 is 35.1 Å². The van der Waals surface area contributed by atoms with Gasteiger partial charge in [-0.2, -0.15) is 0 Å². The molecule has 1 aliphatic rings. The first-order valence-corrected chi connectivity index (χ1v) is 14.5. The number of amides is 2. The average molecular weight is 675 g/mol. The van der Waals surface area contributed by atoms with Gasteiger partial charge in [0.25, 0.3) is 0 Å². The number of methoxy groups -OCH3 is 2. The zero-order valence-electron chi connectivity index (χ0n) is 25.8. The lowest BCUT2D eigenvalue weighted by Gasteiger charge is -2.24. The van der Waals surface area contributed by atoms with Gasteiger partial charge in [-0.1, -0.05) is 12.1 Å². The quantitative estimate of drug-likeness (QED) is 0.110. The molecule has 15 heteroatoms. The molecule has 2 amide bonds. The largest absolute Gasteiger partial charge is 0.508 e. The Morgan fingerprint density at radius 3 is 1.33 bits per heavy atom. The Kier molecular flexibility index (Phi) is 9.48. The van der Waals surface area contributed by atoms with Gasteiger partial charge >= 0.3 is 11.9 Å². The summed E-state index contributed by atoms with van der Waals surface area (Å²) in [6.07, 6.45) is -2.56. The third-order valence-corrected chi connectivity index (χ3v) is 7.99. The average Bonchev–Trinajstić information content (AvgIpc) is 3.47. The zero-order chi connectivity index (χ0) is 35.6. The Balaban J connectivity index is 1.69. The van der Waals surface area contributed by atoms with Crippen LogP contribution in [0.25, 0.3) is 0 Å². The van der Waals surface area contributed by atoms with Crippen LogP contribution in [0.5, 0.6) is 34.5 Å². The second-order valence-electron chi connectivity index (χ2n) is 10.9. The number of phenolic OH excluding ortho intramolecular Hbond substituents is 4. The van der Waals surface area contributed by atoms with Crippen molar-refractivity contribution in [1.29, 1.82) is 0 Å². The van der Waals surface area contributed by atoms with Crippen LogP contribution in [-0.2, 0) is 14.3 Å². The highest BCUT2D eigenvalue weighted by Crippen LogP contribution is 2.52. The first-order valence-electron chi connectivity index (χ1n) is 14.5. The summed E-state index contributed by atoms with van der Waals surface area (Å²) < 4.78 is 16.9. The molecule has 0 aromatic heterocycles. The standard InChI is InChI=1S/C34H30N2O13/c1-47-25-11-15(3-9-23(25)39)29-27(31(41)35-21-7-5-17(37)13-19(21)33(43)44)28(30(49-29)16-4-10-24(40)26(12-16)48-2)32(42)36-22-8-6-18(38)14-20(22)34(45)46/h3-14,27-30,37-40H,1-2H3,(H,35,41)(H,36,42)(H,43,44)(H,45,46)/t27-,28+,29-,30-/m0/s1. The predicted molar refractivity (Wildman–Crippen MR) is 170 cm³/mol. The van der Waals surface area contributed by atoms with Crippen LogP contribution in [0.4, 0.5) is 11.4 Å². The lowest BCUT2D eigenvalue weighted by molar-refractivity contribution is -0.128. The van der Waals surface area contributed by atoms with E-state index < -0.39 is 58.9 Å². The second-order valence-corrected chi connectivity index (χ2v) is 10.9. The zero-order valence-corrected chi connectivity index (χ0v) is 25.8. The Hall–Kier alpha value is -6.48. The summed E-state index contributed by atoms with van der Waals surface area (Å²) in [7, 11) is 2.60. The van der Waals surface area contributed by atoms with E-state index in [0.29, 0.717) is 0 Å². The first kappa shape index (κ1) is 33.9. The minimum atomic E-state index is -1.49. The number of benzene rings is 4. The Morgan fingerprint density at radius 2 is 0.980 bits per heavy atom. The van der Waals surface area contributed by atoms with Gasteiger partial charge in [0, 0.05) is 0 Å². The third kappa shape index (κ3) is 6.82. The Bertz CT molecular complexity index is 1820. The summed E-state index contributed by atoms with van der Waals surface area (Å²) >= 11 is 0. The molecule has 1 saturated heterocycles. The van der Waals surface area contributed by atoms with Gasteiger partial charge < -0.3 is 55.5 Å².